The van der Waals surface area contributed by atoms with E-state index in [2.05, 4.69) is 14.8 Å². The van der Waals surface area contributed by atoms with Crippen molar-refractivity contribution in [3.63, 3.8) is 0 Å². The van der Waals surface area contributed by atoms with Crippen LogP contribution in [0.1, 0.15) is 29.7 Å². The second-order valence-electron chi connectivity index (χ2n) is 5.21. The summed E-state index contributed by atoms with van der Waals surface area (Å²) in [6.45, 7) is 1.48. The molecule has 0 aliphatic rings. The molecule has 0 bridgehead atoms. The molecular weight excluding hydrogens is 341 g/mol. The van der Waals surface area contributed by atoms with Gasteiger partial charge in [-0.1, -0.05) is 0 Å². The zero-order chi connectivity index (χ0) is 18.3. The Morgan fingerprint density at radius 2 is 2.17 bits per heavy atom. The Balaban J connectivity index is 2.85. The van der Waals surface area contributed by atoms with Crippen LogP contribution in [0.15, 0.2) is 6.20 Å². The lowest BCUT2D eigenvalue weighted by Gasteiger charge is -2.19. The number of aryl methyl sites for hydroxylation is 1. The number of aromatic nitrogens is 1. The third kappa shape index (κ3) is 6.91. The molecule has 0 aromatic carbocycles. The Bertz CT molecular complexity index is 620. The first-order valence-electron chi connectivity index (χ1n) is 7.15. The number of hydrogen-bond donors (Lipinski definition) is 6. The molecule has 0 radical (unpaired) electrons. The van der Waals surface area contributed by atoms with E-state index >= 15 is 0 Å². The van der Waals surface area contributed by atoms with Crippen molar-refractivity contribution in [3.8, 4) is 5.75 Å². The summed E-state index contributed by atoms with van der Waals surface area (Å²) in [7, 11) is -4.66. The van der Waals surface area contributed by atoms with Crippen LogP contribution in [0.5, 0.6) is 5.75 Å². The number of nitrogens with one attached hydrogen (secondary N) is 1. The van der Waals surface area contributed by atoms with Crippen molar-refractivity contribution in [1.29, 1.82) is 0 Å². The van der Waals surface area contributed by atoms with Crippen LogP contribution >= 0.6 is 7.82 Å². The van der Waals surface area contributed by atoms with Crippen molar-refractivity contribution in [2.75, 3.05) is 6.54 Å². The summed E-state index contributed by atoms with van der Waals surface area (Å²) >= 11 is 0. The van der Waals surface area contributed by atoms with Crippen molar-refractivity contribution in [1.82, 2.24) is 10.3 Å². The monoisotopic (exact) mass is 363 g/mol. The van der Waals surface area contributed by atoms with Gasteiger partial charge in [0.2, 0.25) is 0 Å². The first-order chi connectivity index (χ1) is 11.1. The molecule has 1 aromatic rings. The fourth-order valence-electron chi connectivity index (χ4n) is 2.01. The first kappa shape index (κ1) is 20.5. The van der Waals surface area contributed by atoms with Gasteiger partial charge in [0, 0.05) is 42.9 Å². The van der Waals surface area contributed by atoms with Gasteiger partial charge in [0.25, 0.3) is 0 Å². The molecule has 1 atom stereocenters. The average molecular weight is 363 g/mol. The van der Waals surface area contributed by atoms with Crippen LogP contribution in [0.4, 0.5) is 0 Å². The molecule has 10 nitrogen and oxygen atoms in total. The second-order valence-corrected chi connectivity index (χ2v) is 6.45. The summed E-state index contributed by atoms with van der Waals surface area (Å²) in [5.74, 6) is -1.06. The largest absolute Gasteiger partial charge is 0.506 e. The van der Waals surface area contributed by atoms with Gasteiger partial charge in [-0.05, 0) is 13.3 Å². The minimum atomic E-state index is -4.66. The maximum atomic E-state index is 10.8. The summed E-state index contributed by atoms with van der Waals surface area (Å²) in [5.41, 5.74) is 6.61. The van der Waals surface area contributed by atoms with Crippen molar-refractivity contribution in [2.45, 2.75) is 39.0 Å². The molecule has 136 valence electrons. The summed E-state index contributed by atoms with van der Waals surface area (Å²) in [6.07, 6.45) is 1.62. The quantitative estimate of drug-likeness (QED) is 0.310. The Morgan fingerprint density at radius 3 is 2.71 bits per heavy atom. The van der Waals surface area contributed by atoms with Gasteiger partial charge in [0.05, 0.1) is 12.3 Å². The Labute approximate surface area is 138 Å². The van der Waals surface area contributed by atoms with E-state index in [1.165, 1.54) is 6.20 Å². The van der Waals surface area contributed by atoms with Crippen LogP contribution in [0.3, 0.4) is 0 Å². The topological polar surface area (TPSA) is 175 Å². The molecule has 1 rings (SSSR count). The Kier molecular flexibility index (Phi) is 7.74. The molecule has 0 fully saturated rings. The maximum absolute atomic E-state index is 10.8. The van der Waals surface area contributed by atoms with E-state index in [1.54, 1.807) is 6.92 Å². The molecule has 24 heavy (non-hydrogen) atoms. The van der Waals surface area contributed by atoms with Crippen LogP contribution < -0.4 is 11.1 Å². The number of hydrogen-bond acceptors (Lipinski definition) is 7. The molecule has 1 heterocycles. The molecule has 1 aromatic heterocycles. The molecule has 0 saturated carbocycles. The highest BCUT2D eigenvalue weighted by Crippen LogP contribution is 2.38. The fourth-order valence-corrected chi connectivity index (χ4v) is 2.31. The van der Waals surface area contributed by atoms with Gasteiger partial charge < -0.3 is 31.1 Å². The number of phosphoric ester groups is 1. The molecule has 7 N–H and O–H groups in total. The van der Waals surface area contributed by atoms with E-state index in [4.69, 9.17) is 20.6 Å². The second kappa shape index (κ2) is 9.07. The number of phosphoric acid groups is 1. The summed E-state index contributed by atoms with van der Waals surface area (Å²) < 4.78 is 15.3. The van der Waals surface area contributed by atoms with E-state index in [9.17, 15) is 14.5 Å². The molecular formula is C13H22N3O7P. The number of aliphatic carboxylic acids is 1. The lowest BCUT2D eigenvalue weighted by molar-refractivity contribution is -0.137. The van der Waals surface area contributed by atoms with E-state index in [0.717, 1.165) is 0 Å². The first-order valence-corrected chi connectivity index (χ1v) is 8.68. The van der Waals surface area contributed by atoms with Crippen molar-refractivity contribution >= 4 is 13.8 Å². The van der Waals surface area contributed by atoms with Crippen LogP contribution in [-0.4, -0.2) is 43.5 Å². The number of nitrogens with two attached hydrogens (primary N) is 1. The Hall–Kier alpha value is -1.55. The molecule has 0 saturated heterocycles. The van der Waals surface area contributed by atoms with E-state index in [-0.39, 0.29) is 31.3 Å². The third-order valence-corrected chi connectivity index (χ3v) is 3.84. The van der Waals surface area contributed by atoms with E-state index in [1.807, 2.05) is 0 Å². The van der Waals surface area contributed by atoms with Crippen molar-refractivity contribution in [3.05, 3.63) is 23.0 Å². The molecule has 1 unspecified atom stereocenters. The smallest absolute Gasteiger partial charge is 0.469 e. The van der Waals surface area contributed by atoms with Gasteiger partial charge in [0.15, 0.2) is 0 Å². The minimum Gasteiger partial charge on any atom is -0.506 e. The van der Waals surface area contributed by atoms with Crippen molar-refractivity contribution in [2.24, 2.45) is 5.73 Å². The van der Waals surface area contributed by atoms with Gasteiger partial charge in [-0.15, -0.1) is 0 Å². The molecule has 0 aliphatic carbocycles. The number of aromatic hydroxyl groups is 1. The number of carboxylic acids is 1. The highest BCUT2D eigenvalue weighted by Gasteiger charge is 2.19. The third-order valence-electron chi connectivity index (χ3n) is 3.38. The molecule has 0 amide bonds. The van der Waals surface area contributed by atoms with E-state index < -0.39 is 20.4 Å². The predicted molar refractivity (Wildman–Crippen MR) is 84.0 cm³/mol. The highest BCUT2D eigenvalue weighted by molar-refractivity contribution is 7.46. The van der Waals surface area contributed by atoms with Crippen LogP contribution in [0.25, 0.3) is 0 Å². The van der Waals surface area contributed by atoms with Crippen molar-refractivity contribution < 1.29 is 33.9 Å². The van der Waals surface area contributed by atoms with Gasteiger partial charge in [0.1, 0.15) is 5.75 Å². The minimum absolute atomic E-state index is 0.0512. The van der Waals surface area contributed by atoms with Gasteiger partial charge in [-0.2, -0.15) is 0 Å². The molecule has 0 spiro atoms. The summed E-state index contributed by atoms with van der Waals surface area (Å²) in [4.78, 5) is 32.1. The molecule has 11 heteroatoms. The number of rotatable bonds is 10. The van der Waals surface area contributed by atoms with Gasteiger partial charge in [-0.3, -0.25) is 14.3 Å². The molecule has 0 aliphatic heterocycles. The number of carboxylic acid groups (broad SMARTS) is 1. The number of carbonyl (C=O) groups is 1. The lowest BCUT2D eigenvalue weighted by atomic mass is 10.1. The number of nitrogens with zero attached hydrogens (tertiary/aromatic N) is 1. The zero-order valence-corrected chi connectivity index (χ0v) is 14.1. The Morgan fingerprint density at radius 1 is 1.50 bits per heavy atom. The SMILES string of the molecule is Cc1ncc(COP(=O)(O)O)c(CNC(CN)CCC(=O)O)c1O. The normalized spacial score (nSPS) is 13.0. The lowest BCUT2D eigenvalue weighted by Crippen LogP contribution is -2.36. The standard InChI is InChI=1S/C13H22N3O7P/c1-8-13(19)11(6-16-10(4-14)2-3-12(17)18)9(5-15-8)7-23-24(20,21)22/h5,10,16,19H,2-4,6-7,14H2,1H3,(H,17,18)(H2,20,21,22). The van der Waals surface area contributed by atoms with E-state index in [0.29, 0.717) is 23.2 Å². The fraction of sp³-hybridized carbons (Fsp3) is 0.538. The van der Waals surface area contributed by atoms with Crippen LogP contribution in [0.2, 0.25) is 0 Å². The van der Waals surface area contributed by atoms with Crippen LogP contribution in [0, 0.1) is 6.92 Å². The summed E-state index contributed by atoms with van der Waals surface area (Å²) in [6, 6.07) is -0.287. The van der Waals surface area contributed by atoms with Gasteiger partial charge in [-0.25, -0.2) is 4.57 Å². The summed E-state index contributed by atoms with van der Waals surface area (Å²) in [5, 5.41) is 21.9. The average Bonchev–Trinajstić information content (AvgIpc) is 2.49. The zero-order valence-electron chi connectivity index (χ0n) is 13.2. The highest BCUT2D eigenvalue weighted by atomic mass is 31.2. The maximum Gasteiger partial charge on any atom is 0.469 e. The predicted octanol–water partition coefficient (Wildman–Crippen LogP) is -0.0134. The van der Waals surface area contributed by atoms with Crippen LogP contribution in [-0.2, 0) is 27.0 Å². The number of pyridine rings is 1. The van der Waals surface area contributed by atoms with Gasteiger partial charge >= 0.3 is 13.8 Å².